The van der Waals surface area contributed by atoms with E-state index < -0.39 is 0 Å². The smallest absolute Gasteiger partial charge is 0.226 e. The minimum absolute atomic E-state index is 0.198. The number of piperidine rings is 1. The van der Waals surface area contributed by atoms with Crippen LogP contribution in [0.1, 0.15) is 24.8 Å². The minimum atomic E-state index is 0.198. The Hall–Kier alpha value is -1.07. The van der Waals surface area contributed by atoms with Gasteiger partial charge < -0.3 is 15.0 Å². The molecule has 1 saturated heterocycles. The lowest BCUT2D eigenvalue weighted by Crippen LogP contribution is -2.42. The van der Waals surface area contributed by atoms with Crippen molar-refractivity contribution in [2.75, 3.05) is 33.3 Å². The van der Waals surface area contributed by atoms with Crippen molar-refractivity contribution in [3.05, 3.63) is 28.2 Å². The topological polar surface area (TPSA) is 41.6 Å². The van der Waals surface area contributed by atoms with E-state index >= 15 is 0 Å². The van der Waals surface area contributed by atoms with Gasteiger partial charge in [-0.25, -0.2) is 0 Å². The number of halogens is 1. The van der Waals surface area contributed by atoms with Crippen LogP contribution in [0.3, 0.4) is 0 Å². The molecule has 0 spiro atoms. The van der Waals surface area contributed by atoms with E-state index in [-0.39, 0.29) is 5.91 Å². The summed E-state index contributed by atoms with van der Waals surface area (Å²) in [7, 11) is 1.97. The summed E-state index contributed by atoms with van der Waals surface area (Å²) in [5.74, 6) is 1.57. The van der Waals surface area contributed by atoms with Crippen molar-refractivity contribution >= 4 is 21.8 Å². The van der Waals surface area contributed by atoms with Crippen LogP contribution in [0.15, 0.2) is 22.7 Å². The third-order valence-electron chi connectivity index (χ3n) is 4.03. The van der Waals surface area contributed by atoms with Gasteiger partial charge in [-0.15, -0.1) is 0 Å². The predicted molar refractivity (Wildman–Crippen MR) is 92.2 cm³/mol. The molecule has 1 aromatic rings. The number of carbonyl (C=O) groups is 1. The highest BCUT2D eigenvalue weighted by atomic mass is 79.9. The Labute approximate surface area is 141 Å². The molecular weight excluding hydrogens is 344 g/mol. The Bertz CT molecular complexity index is 505. The molecule has 22 heavy (non-hydrogen) atoms. The van der Waals surface area contributed by atoms with E-state index in [2.05, 4.69) is 21.2 Å². The fourth-order valence-corrected chi connectivity index (χ4v) is 3.48. The van der Waals surface area contributed by atoms with Gasteiger partial charge in [-0.3, -0.25) is 4.79 Å². The first kappa shape index (κ1) is 17.3. The van der Waals surface area contributed by atoms with E-state index in [1.165, 1.54) is 12.0 Å². The molecule has 1 aromatic carbocycles. The van der Waals surface area contributed by atoms with E-state index in [4.69, 9.17) is 4.74 Å². The molecule has 122 valence electrons. The number of hydrogen-bond donors (Lipinski definition) is 1. The monoisotopic (exact) mass is 368 g/mol. The van der Waals surface area contributed by atoms with Crippen molar-refractivity contribution < 1.29 is 9.53 Å². The number of ether oxygens (including phenoxy) is 1. The highest BCUT2D eigenvalue weighted by molar-refractivity contribution is 9.10. The molecule has 0 saturated carbocycles. The molecule has 0 bridgehead atoms. The number of rotatable bonds is 6. The van der Waals surface area contributed by atoms with E-state index in [1.807, 2.05) is 37.1 Å². The lowest BCUT2D eigenvalue weighted by atomic mass is 9.98. The molecular formula is C17H25BrN2O2. The molecule has 0 aromatic heterocycles. The molecule has 1 aliphatic heterocycles. The van der Waals surface area contributed by atoms with Gasteiger partial charge in [0.15, 0.2) is 0 Å². The van der Waals surface area contributed by atoms with E-state index in [1.54, 1.807) is 0 Å². The Morgan fingerprint density at radius 2 is 2.32 bits per heavy atom. The van der Waals surface area contributed by atoms with Crippen molar-refractivity contribution in [1.29, 1.82) is 0 Å². The van der Waals surface area contributed by atoms with E-state index in [9.17, 15) is 4.79 Å². The second kappa shape index (κ2) is 8.53. The number of amides is 1. The fourth-order valence-electron chi connectivity index (χ4n) is 2.88. The van der Waals surface area contributed by atoms with Crippen LogP contribution in [0, 0.1) is 12.8 Å². The zero-order valence-corrected chi connectivity index (χ0v) is 15.0. The number of hydrogen-bond acceptors (Lipinski definition) is 3. The van der Waals surface area contributed by atoms with Gasteiger partial charge in [0.2, 0.25) is 5.91 Å². The van der Waals surface area contributed by atoms with Gasteiger partial charge in [-0.05, 0) is 72.9 Å². The molecule has 0 radical (unpaired) electrons. The van der Waals surface area contributed by atoms with Gasteiger partial charge in [0.1, 0.15) is 5.75 Å². The zero-order chi connectivity index (χ0) is 15.9. The summed E-state index contributed by atoms with van der Waals surface area (Å²) < 4.78 is 6.66. The van der Waals surface area contributed by atoms with Crippen molar-refractivity contribution in [1.82, 2.24) is 10.2 Å². The molecule has 1 atom stereocenters. The maximum Gasteiger partial charge on any atom is 0.226 e. The second-order valence-electron chi connectivity index (χ2n) is 5.94. The summed E-state index contributed by atoms with van der Waals surface area (Å²) in [4.78, 5) is 14.3. The third kappa shape index (κ3) is 4.99. The number of likely N-dealkylation sites (tertiary alicyclic amines) is 1. The second-order valence-corrected chi connectivity index (χ2v) is 6.79. The lowest BCUT2D eigenvalue weighted by Gasteiger charge is -2.32. The summed E-state index contributed by atoms with van der Waals surface area (Å²) in [6.45, 7) is 5.20. The van der Waals surface area contributed by atoms with Gasteiger partial charge in [-0.1, -0.05) is 6.07 Å². The molecule has 4 nitrogen and oxygen atoms in total. The predicted octanol–water partition coefficient (Wildman–Crippen LogP) is 2.98. The zero-order valence-electron chi connectivity index (χ0n) is 13.4. The number of aryl methyl sites for hydroxylation is 1. The van der Waals surface area contributed by atoms with Crippen molar-refractivity contribution in [2.24, 2.45) is 5.92 Å². The fraction of sp³-hybridized carbons (Fsp3) is 0.588. The SMILES string of the molecule is CNC[C@H]1CCCN(C(=O)CCOc2ccc(C)cc2Br)C1. The summed E-state index contributed by atoms with van der Waals surface area (Å²) >= 11 is 3.49. The van der Waals surface area contributed by atoms with Crippen molar-refractivity contribution in [3.8, 4) is 5.75 Å². The van der Waals surface area contributed by atoms with Crippen LogP contribution >= 0.6 is 15.9 Å². The van der Waals surface area contributed by atoms with E-state index in [0.29, 0.717) is 18.9 Å². The Kier molecular flexibility index (Phi) is 6.70. The molecule has 1 heterocycles. The first-order chi connectivity index (χ1) is 10.6. The molecule has 1 fully saturated rings. The quantitative estimate of drug-likeness (QED) is 0.838. The van der Waals surface area contributed by atoms with Crippen LogP contribution in [0.5, 0.6) is 5.75 Å². The summed E-state index contributed by atoms with van der Waals surface area (Å²) in [6.07, 6.45) is 2.74. The highest BCUT2D eigenvalue weighted by Crippen LogP contribution is 2.26. The molecule has 0 unspecified atom stereocenters. The third-order valence-corrected chi connectivity index (χ3v) is 4.65. The minimum Gasteiger partial charge on any atom is -0.492 e. The van der Waals surface area contributed by atoms with Gasteiger partial charge in [-0.2, -0.15) is 0 Å². The summed E-state index contributed by atoms with van der Waals surface area (Å²) in [6, 6.07) is 5.97. The van der Waals surface area contributed by atoms with Crippen molar-refractivity contribution in [2.45, 2.75) is 26.2 Å². The number of nitrogens with zero attached hydrogens (tertiary/aromatic N) is 1. The molecule has 2 rings (SSSR count). The number of benzene rings is 1. The lowest BCUT2D eigenvalue weighted by molar-refractivity contribution is -0.133. The van der Waals surface area contributed by atoms with Gasteiger partial charge >= 0.3 is 0 Å². The highest BCUT2D eigenvalue weighted by Gasteiger charge is 2.22. The average Bonchev–Trinajstić information content (AvgIpc) is 2.50. The summed E-state index contributed by atoms with van der Waals surface area (Å²) in [5.41, 5.74) is 1.18. The van der Waals surface area contributed by atoms with Crippen LogP contribution < -0.4 is 10.1 Å². The Morgan fingerprint density at radius 1 is 1.50 bits per heavy atom. The van der Waals surface area contributed by atoms with Crippen LogP contribution in [-0.4, -0.2) is 44.1 Å². The van der Waals surface area contributed by atoms with Crippen LogP contribution in [0.4, 0.5) is 0 Å². The van der Waals surface area contributed by atoms with Gasteiger partial charge in [0.25, 0.3) is 0 Å². The largest absolute Gasteiger partial charge is 0.492 e. The molecule has 0 aliphatic carbocycles. The van der Waals surface area contributed by atoms with Crippen molar-refractivity contribution in [3.63, 3.8) is 0 Å². The molecule has 1 N–H and O–H groups in total. The molecule has 1 aliphatic rings. The number of nitrogens with one attached hydrogen (secondary N) is 1. The van der Waals surface area contributed by atoms with Crippen LogP contribution in [-0.2, 0) is 4.79 Å². The maximum atomic E-state index is 12.3. The molecule has 1 amide bonds. The number of carbonyl (C=O) groups excluding carboxylic acids is 1. The van der Waals surface area contributed by atoms with Crippen LogP contribution in [0.25, 0.3) is 0 Å². The first-order valence-electron chi connectivity index (χ1n) is 7.91. The molecule has 5 heteroatoms. The normalized spacial score (nSPS) is 18.3. The van der Waals surface area contributed by atoms with Crippen LogP contribution in [0.2, 0.25) is 0 Å². The standard InChI is InChI=1S/C17H25BrN2O2/c1-13-5-6-16(15(18)10-13)22-9-7-17(21)20-8-3-4-14(12-20)11-19-2/h5-6,10,14,19H,3-4,7-9,11-12H2,1-2H3/t14-/m1/s1. The first-order valence-corrected chi connectivity index (χ1v) is 8.70. The summed E-state index contributed by atoms with van der Waals surface area (Å²) in [5, 5.41) is 3.20. The maximum absolute atomic E-state index is 12.3. The Balaban J connectivity index is 1.77. The van der Waals surface area contributed by atoms with Gasteiger partial charge in [0, 0.05) is 13.1 Å². The van der Waals surface area contributed by atoms with E-state index in [0.717, 1.165) is 36.3 Å². The average molecular weight is 369 g/mol. The van der Waals surface area contributed by atoms with Gasteiger partial charge in [0.05, 0.1) is 17.5 Å². The Morgan fingerprint density at radius 3 is 3.05 bits per heavy atom.